The monoisotopic (exact) mass is 192 g/mol. The third-order valence-electron chi connectivity index (χ3n) is 3.60. The van der Waals surface area contributed by atoms with Crippen molar-refractivity contribution in [2.45, 2.75) is 32.6 Å². The second kappa shape index (κ2) is 3.72. The van der Waals surface area contributed by atoms with Crippen molar-refractivity contribution < 1.29 is 4.39 Å². The van der Waals surface area contributed by atoms with Gasteiger partial charge >= 0.3 is 0 Å². The average molecular weight is 192 g/mol. The van der Waals surface area contributed by atoms with Crippen LogP contribution < -0.4 is 0 Å². The predicted octanol–water partition coefficient (Wildman–Crippen LogP) is 3.98. The first-order valence-corrected chi connectivity index (χ1v) is 5.42. The van der Waals surface area contributed by atoms with Crippen LogP contribution in [0, 0.1) is 17.7 Å². The summed E-state index contributed by atoms with van der Waals surface area (Å²) in [6.45, 7) is 4.59. The molecule has 1 aliphatic rings. The van der Waals surface area contributed by atoms with Crippen molar-refractivity contribution in [1.29, 1.82) is 0 Å². The van der Waals surface area contributed by atoms with Gasteiger partial charge in [-0.25, -0.2) is 4.39 Å². The number of hydrogen-bond acceptors (Lipinski definition) is 0. The van der Waals surface area contributed by atoms with Gasteiger partial charge in [-0.3, -0.25) is 0 Å². The van der Waals surface area contributed by atoms with Crippen molar-refractivity contribution in [1.82, 2.24) is 0 Å². The highest BCUT2D eigenvalue weighted by Gasteiger charge is 2.28. The minimum absolute atomic E-state index is 0.102. The molecule has 0 bridgehead atoms. The van der Waals surface area contributed by atoms with Crippen LogP contribution in [0.4, 0.5) is 4.39 Å². The molecule has 14 heavy (non-hydrogen) atoms. The summed E-state index contributed by atoms with van der Waals surface area (Å²) in [5.74, 6) is 2.04. The van der Waals surface area contributed by atoms with E-state index >= 15 is 0 Å². The quantitative estimate of drug-likeness (QED) is 0.631. The van der Waals surface area contributed by atoms with Crippen LogP contribution in [-0.4, -0.2) is 0 Å². The molecule has 1 aromatic rings. The number of hydrogen-bond donors (Lipinski definition) is 0. The highest BCUT2D eigenvalue weighted by molar-refractivity contribution is 5.22. The maximum atomic E-state index is 13.0. The summed E-state index contributed by atoms with van der Waals surface area (Å²) in [5.41, 5.74) is 1.18. The van der Waals surface area contributed by atoms with Crippen molar-refractivity contribution in [3.05, 3.63) is 35.6 Å². The van der Waals surface area contributed by atoms with Crippen LogP contribution in [0.5, 0.6) is 0 Å². The van der Waals surface area contributed by atoms with Crippen LogP contribution in [0.2, 0.25) is 0 Å². The zero-order valence-electron chi connectivity index (χ0n) is 8.83. The molecule has 0 radical (unpaired) electrons. The second-order valence-electron chi connectivity index (χ2n) is 4.68. The van der Waals surface area contributed by atoms with E-state index in [1.807, 2.05) is 6.07 Å². The molecule has 0 amide bonds. The summed E-state index contributed by atoms with van der Waals surface area (Å²) in [6.07, 6.45) is 2.43. The minimum atomic E-state index is -0.102. The second-order valence-corrected chi connectivity index (χ2v) is 4.68. The fourth-order valence-corrected chi connectivity index (χ4v) is 2.49. The van der Waals surface area contributed by atoms with Crippen molar-refractivity contribution in [3.8, 4) is 0 Å². The first kappa shape index (κ1) is 9.70. The molecule has 3 atom stereocenters. The Labute approximate surface area is 85.1 Å². The smallest absolute Gasteiger partial charge is 0.123 e. The van der Waals surface area contributed by atoms with E-state index in [1.54, 1.807) is 6.07 Å². The lowest BCUT2D eigenvalue weighted by molar-refractivity contribution is 0.457. The zero-order chi connectivity index (χ0) is 10.1. The molecule has 1 saturated carbocycles. The summed E-state index contributed by atoms with van der Waals surface area (Å²) in [5, 5.41) is 0. The first-order chi connectivity index (χ1) is 6.66. The maximum absolute atomic E-state index is 13.0. The summed E-state index contributed by atoms with van der Waals surface area (Å²) in [6, 6.07) is 7.08. The fourth-order valence-electron chi connectivity index (χ4n) is 2.49. The summed E-state index contributed by atoms with van der Waals surface area (Å²) >= 11 is 0. The van der Waals surface area contributed by atoms with Crippen LogP contribution in [0.3, 0.4) is 0 Å². The van der Waals surface area contributed by atoms with E-state index in [9.17, 15) is 4.39 Å². The number of rotatable bonds is 1. The molecule has 1 fully saturated rings. The SMILES string of the molecule is C[C@@H]1CC(c2cccc(F)c2)C[C@@H]1C. The van der Waals surface area contributed by atoms with Gasteiger partial charge in [-0.15, -0.1) is 0 Å². The van der Waals surface area contributed by atoms with Crippen molar-refractivity contribution >= 4 is 0 Å². The van der Waals surface area contributed by atoms with E-state index in [0.29, 0.717) is 5.92 Å². The standard InChI is InChI=1S/C13H17F/c1-9-6-12(7-10(9)2)11-4-3-5-13(14)8-11/h3-5,8-10,12H,6-7H2,1-2H3/t9-,10+,12?. The molecule has 1 aliphatic carbocycles. The molecule has 1 unspecified atom stereocenters. The maximum Gasteiger partial charge on any atom is 0.123 e. The molecule has 0 nitrogen and oxygen atoms in total. The van der Waals surface area contributed by atoms with Gasteiger partial charge in [0.2, 0.25) is 0 Å². The first-order valence-electron chi connectivity index (χ1n) is 5.42. The van der Waals surface area contributed by atoms with Crippen LogP contribution in [0.15, 0.2) is 24.3 Å². The summed E-state index contributed by atoms with van der Waals surface area (Å²) in [4.78, 5) is 0. The highest BCUT2D eigenvalue weighted by atomic mass is 19.1. The molecule has 2 rings (SSSR count). The lowest BCUT2D eigenvalue weighted by atomic mass is 9.96. The molecule has 76 valence electrons. The Morgan fingerprint density at radius 2 is 1.79 bits per heavy atom. The number of halogens is 1. The third-order valence-corrected chi connectivity index (χ3v) is 3.60. The van der Waals surface area contributed by atoms with Gasteiger partial charge in [-0.05, 0) is 48.3 Å². The average Bonchev–Trinajstić information content (AvgIpc) is 2.47. The predicted molar refractivity (Wildman–Crippen MR) is 56.7 cm³/mol. The zero-order valence-corrected chi connectivity index (χ0v) is 8.83. The molecule has 0 heterocycles. The Morgan fingerprint density at radius 3 is 2.36 bits per heavy atom. The van der Waals surface area contributed by atoms with E-state index in [2.05, 4.69) is 19.9 Å². The molecule has 0 N–H and O–H groups in total. The van der Waals surface area contributed by atoms with Gasteiger partial charge in [0.15, 0.2) is 0 Å². The molecule has 0 aliphatic heterocycles. The molecule has 0 saturated heterocycles. The van der Waals surface area contributed by atoms with Crippen LogP contribution >= 0.6 is 0 Å². The summed E-state index contributed by atoms with van der Waals surface area (Å²) < 4.78 is 13.0. The van der Waals surface area contributed by atoms with E-state index in [4.69, 9.17) is 0 Å². The molecular formula is C13H17F. The minimum Gasteiger partial charge on any atom is -0.207 e. The number of benzene rings is 1. The largest absolute Gasteiger partial charge is 0.207 e. The molecular weight excluding hydrogens is 175 g/mol. The van der Waals surface area contributed by atoms with Crippen molar-refractivity contribution in [2.75, 3.05) is 0 Å². The Kier molecular flexibility index (Phi) is 2.58. The van der Waals surface area contributed by atoms with Gasteiger partial charge in [0.1, 0.15) is 5.82 Å². The molecule has 0 aromatic heterocycles. The molecule has 1 heteroatoms. The van der Waals surface area contributed by atoms with Crippen LogP contribution in [0.1, 0.15) is 38.2 Å². The highest BCUT2D eigenvalue weighted by Crippen LogP contribution is 2.41. The van der Waals surface area contributed by atoms with Crippen molar-refractivity contribution in [2.24, 2.45) is 11.8 Å². The van der Waals surface area contributed by atoms with Gasteiger partial charge in [0.25, 0.3) is 0 Å². The van der Waals surface area contributed by atoms with Crippen molar-refractivity contribution in [3.63, 3.8) is 0 Å². The van der Waals surface area contributed by atoms with Gasteiger partial charge in [-0.1, -0.05) is 26.0 Å². The fraction of sp³-hybridized carbons (Fsp3) is 0.538. The topological polar surface area (TPSA) is 0 Å². The molecule has 1 aromatic carbocycles. The Morgan fingerprint density at radius 1 is 1.14 bits per heavy atom. The Bertz CT molecular complexity index is 309. The normalized spacial score (nSPS) is 32.1. The van der Waals surface area contributed by atoms with Gasteiger partial charge in [0.05, 0.1) is 0 Å². The third kappa shape index (κ3) is 1.82. The lowest BCUT2D eigenvalue weighted by Crippen LogP contribution is -1.95. The Balaban J connectivity index is 2.17. The van der Waals surface area contributed by atoms with E-state index in [-0.39, 0.29) is 5.82 Å². The lowest BCUT2D eigenvalue weighted by Gasteiger charge is -2.09. The molecule has 0 spiro atoms. The summed E-state index contributed by atoms with van der Waals surface area (Å²) in [7, 11) is 0. The Hall–Kier alpha value is -0.850. The van der Waals surface area contributed by atoms with Crippen LogP contribution in [-0.2, 0) is 0 Å². The van der Waals surface area contributed by atoms with E-state index in [1.165, 1.54) is 24.5 Å². The van der Waals surface area contributed by atoms with Gasteiger partial charge in [-0.2, -0.15) is 0 Å². The van der Waals surface area contributed by atoms with Gasteiger partial charge in [0, 0.05) is 0 Å². The van der Waals surface area contributed by atoms with Gasteiger partial charge < -0.3 is 0 Å². The van der Waals surface area contributed by atoms with E-state index < -0.39 is 0 Å². The van der Waals surface area contributed by atoms with Crippen LogP contribution in [0.25, 0.3) is 0 Å². The van der Waals surface area contributed by atoms with E-state index in [0.717, 1.165) is 11.8 Å².